The Morgan fingerprint density at radius 1 is 1.38 bits per heavy atom. The SMILES string of the molecule is CC=CC1CCCCN1C(=O)OC(C)(C)C. The molecule has 0 aromatic heterocycles. The van der Waals surface area contributed by atoms with E-state index in [0.717, 1.165) is 19.4 Å². The van der Waals surface area contributed by atoms with Crippen molar-refractivity contribution in [3.8, 4) is 0 Å². The molecule has 1 heterocycles. The fraction of sp³-hybridized carbons (Fsp3) is 0.769. The van der Waals surface area contributed by atoms with Crippen LogP contribution in [0, 0.1) is 0 Å². The maximum Gasteiger partial charge on any atom is 0.410 e. The van der Waals surface area contributed by atoms with Crippen LogP contribution in [-0.4, -0.2) is 29.2 Å². The summed E-state index contributed by atoms with van der Waals surface area (Å²) in [7, 11) is 0. The molecule has 0 spiro atoms. The first kappa shape index (κ1) is 13.1. The normalized spacial score (nSPS) is 22.5. The van der Waals surface area contributed by atoms with Crippen molar-refractivity contribution >= 4 is 6.09 Å². The molecule has 0 aromatic rings. The van der Waals surface area contributed by atoms with E-state index in [1.165, 1.54) is 6.42 Å². The topological polar surface area (TPSA) is 29.5 Å². The number of likely N-dealkylation sites (tertiary alicyclic amines) is 1. The Kier molecular flexibility index (Phi) is 4.39. The Balaban J connectivity index is 2.64. The molecule has 1 aliphatic rings. The van der Waals surface area contributed by atoms with Gasteiger partial charge in [0.05, 0.1) is 6.04 Å². The Bertz CT molecular complexity index is 266. The summed E-state index contributed by atoms with van der Waals surface area (Å²) in [6.45, 7) is 8.50. The third kappa shape index (κ3) is 3.87. The summed E-state index contributed by atoms with van der Waals surface area (Å²) in [5.74, 6) is 0. The minimum absolute atomic E-state index is 0.185. The molecule has 1 unspecified atom stereocenters. The number of piperidine rings is 1. The van der Waals surface area contributed by atoms with E-state index in [1.807, 2.05) is 38.7 Å². The van der Waals surface area contributed by atoms with Gasteiger partial charge in [0.15, 0.2) is 0 Å². The van der Waals surface area contributed by atoms with Crippen molar-refractivity contribution in [2.24, 2.45) is 0 Å². The van der Waals surface area contributed by atoms with Crippen LogP contribution < -0.4 is 0 Å². The number of amides is 1. The molecule has 0 radical (unpaired) electrons. The van der Waals surface area contributed by atoms with Gasteiger partial charge in [-0.2, -0.15) is 0 Å². The van der Waals surface area contributed by atoms with Gasteiger partial charge < -0.3 is 9.64 Å². The van der Waals surface area contributed by atoms with Gasteiger partial charge >= 0.3 is 6.09 Å². The number of carbonyl (C=O) groups is 1. The number of carbonyl (C=O) groups excluding carboxylic acids is 1. The van der Waals surface area contributed by atoms with Gasteiger partial charge in [0.1, 0.15) is 5.60 Å². The molecule has 16 heavy (non-hydrogen) atoms. The molecule has 1 amide bonds. The second-order valence-electron chi connectivity index (χ2n) is 5.26. The lowest BCUT2D eigenvalue weighted by Crippen LogP contribution is -2.45. The number of allylic oxidation sites excluding steroid dienone is 1. The summed E-state index contributed by atoms with van der Waals surface area (Å²) >= 11 is 0. The Hall–Kier alpha value is -0.990. The minimum atomic E-state index is -0.408. The van der Waals surface area contributed by atoms with Gasteiger partial charge in [-0.25, -0.2) is 4.79 Å². The van der Waals surface area contributed by atoms with Crippen molar-refractivity contribution in [2.45, 2.75) is 58.6 Å². The van der Waals surface area contributed by atoms with Gasteiger partial charge in [0.2, 0.25) is 0 Å². The van der Waals surface area contributed by atoms with E-state index in [9.17, 15) is 4.79 Å². The Morgan fingerprint density at radius 3 is 2.62 bits per heavy atom. The monoisotopic (exact) mass is 225 g/mol. The average molecular weight is 225 g/mol. The molecule has 1 fully saturated rings. The molecule has 0 aliphatic carbocycles. The van der Waals surface area contributed by atoms with E-state index in [4.69, 9.17) is 4.74 Å². The van der Waals surface area contributed by atoms with Crippen LogP contribution in [0.1, 0.15) is 47.0 Å². The predicted molar refractivity (Wildman–Crippen MR) is 65.4 cm³/mol. The summed E-state index contributed by atoms with van der Waals surface area (Å²) in [5, 5.41) is 0. The van der Waals surface area contributed by atoms with Crippen LogP contribution >= 0.6 is 0 Å². The van der Waals surface area contributed by atoms with Crippen LogP contribution in [0.5, 0.6) is 0 Å². The maximum absolute atomic E-state index is 12.0. The highest BCUT2D eigenvalue weighted by atomic mass is 16.6. The highest BCUT2D eigenvalue weighted by Crippen LogP contribution is 2.21. The van der Waals surface area contributed by atoms with Gasteiger partial charge in [-0.3, -0.25) is 0 Å². The zero-order chi connectivity index (χ0) is 12.2. The van der Waals surface area contributed by atoms with Gasteiger partial charge in [-0.1, -0.05) is 12.2 Å². The first-order valence-electron chi connectivity index (χ1n) is 6.06. The van der Waals surface area contributed by atoms with E-state index in [-0.39, 0.29) is 12.1 Å². The summed E-state index contributed by atoms with van der Waals surface area (Å²) < 4.78 is 5.41. The van der Waals surface area contributed by atoms with Gasteiger partial charge in [-0.15, -0.1) is 0 Å². The summed E-state index contributed by atoms with van der Waals surface area (Å²) in [6, 6.07) is 0.216. The van der Waals surface area contributed by atoms with Crippen molar-refractivity contribution in [1.29, 1.82) is 0 Å². The molecular weight excluding hydrogens is 202 g/mol. The van der Waals surface area contributed by atoms with Crippen LogP contribution in [-0.2, 0) is 4.74 Å². The van der Waals surface area contributed by atoms with E-state index in [2.05, 4.69) is 6.08 Å². The third-order valence-corrected chi connectivity index (χ3v) is 2.59. The van der Waals surface area contributed by atoms with Crippen LogP contribution in [0.25, 0.3) is 0 Å². The quantitative estimate of drug-likeness (QED) is 0.640. The highest BCUT2D eigenvalue weighted by molar-refractivity contribution is 5.69. The third-order valence-electron chi connectivity index (χ3n) is 2.59. The highest BCUT2D eigenvalue weighted by Gasteiger charge is 2.28. The second-order valence-corrected chi connectivity index (χ2v) is 5.26. The first-order chi connectivity index (χ1) is 7.44. The second kappa shape index (κ2) is 5.37. The van der Waals surface area contributed by atoms with Crippen LogP contribution in [0.4, 0.5) is 4.79 Å². The fourth-order valence-corrected chi connectivity index (χ4v) is 1.93. The summed E-state index contributed by atoms with van der Waals surface area (Å²) in [4.78, 5) is 13.8. The van der Waals surface area contributed by atoms with Crippen LogP contribution in [0.2, 0.25) is 0 Å². The van der Waals surface area contributed by atoms with E-state index >= 15 is 0 Å². The maximum atomic E-state index is 12.0. The molecule has 92 valence electrons. The average Bonchev–Trinajstić information content (AvgIpc) is 2.16. The molecule has 1 atom stereocenters. The van der Waals surface area contributed by atoms with Crippen molar-refractivity contribution in [3.05, 3.63) is 12.2 Å². The standard InChI is InChI=1S/C13H23NO2/c1-5-8-11-9-6-7-10-14(11)12(15)16-13(2,3)4/h5,8,11H,6-7,9-10H2,1-4H3. The van der Waals surface area contributed by atoms with Gasteiger partial charge in [0, 0.05) is 6.54 Å². The molecule has 3 heteroatoms. The molecule has 1 saturated heterocycles. The Labute approximate surface area is 98.5 Å². The van der Waals surface area contributed by atoms with Crippen molar-refractivity contribution in [1.82, 2.24) is 4.90 Å². The zero-order valence-electron chi connectivity index (χ0n) is 10.8. The number of nitrogens with zero attached hydrogens (tertiary/aromatic N) is 1. The smallest absolute Gasteiger partial charge is 0.410 e. The predicted octanol–water partition coefficient (Wildman–Crippen LogP) is 3.35. The molecule has 0 saturated carbocycles. The molecule has 3 nitrogen and oxygen atoms in total. The minimum Gasteiger partial charge on any atom is -0.444 e. The lowest BCUT2D eigenvalue weighted by atomic mass is 10.0. The number of hydrogen-bond donors (Lipinski definition) is 0. The lowest BCUT2D eigenvalue weighted by molar-refractivity contribution is 0.0149. The van der Waals surface area contributed by atoms with Crippen molar-refractivity contribution < 1.29 is 9.53 Å². The van der Waals surface area contributed by atoms with E-state index in [1.54, 1.807) is 0 Å². The summed E-state index contributed by atoms with van der Waals surface area (Å²) in [5.41, 5.74) is -0.408. The largest absolute Gasteiger partial charge is 0.444 e. The molecule has 0 N–H and O–H groups in total. The first-order valence-corrected chi connectivity index (χ1v) is 6.06. The lowest BCUT2D eigenvalue weighted by Gasteiger charge is -2.35. The molecule has 1 rings (SSSR count). The number of ether oxygens (including phenoxy) is 1. The summed E-state index contributed by atoms with van der Waals surface area (Å²) in [6.07, 6.45) is 7.22. The molecule has 0 aromatic carbocycles. The van der Waals surface area contributed by atoms with E-state index in [0.29, 0.717) is 0 Å². The molecule has 0 bridgehead atoms. The molecular formula is C13H23NO2. The molecule has 1 aliphatic heterocycles. The van der Waals surface area contributed by atoms with Gasteiger partial charge in [0.25, 0.3) is 0 Å². The van der Waals surface area contributed by atoms with Crippen molar-refractivity contribution in [2.75, 3.05) is 6.54 Å². The van der Waals surface area contributed by atoms with Gasteiger partial charge in [-0.05, 0) is 47.0 Å². The fourth-order valence-electron chi connectivity index (χ4n) is 1.93. The van der Waals surface area contributed by atoms with E-state index < -0.39 is 5.60 Å². The zero-order valence-corrected chi connectivity index (χ0v) is 10.8. The number of rotatable bonds is 1. The van der Waals surface area contributed by atoms with Crippen LogP contribution in [0.3, 0.4) is 0 Å². The number of hydrogen-bond acceptors (Lipinski definition) is 2. The van der Waals surface area contributed by atoms with Crippen molar-refractivity contribution in [3.63, 3.8) is 0 Å². The van der Waals surface area contributed by atoms with Crippen LogP contribution in [0.15, 0.2) is 12.2 Å². The Morgan fingerprint density at radius 2 is 2.06 bits per heavy atom.